The Balaban J connectivity index is 4.19. The third-order valence-corrected chi connectivity index (χ3v) is 3.69. The first-order valence-corrected chi connectivity index (χ1v) is 7.29. The van der Waals surface area contributed by atoms with Crippen LogP contribution in [-0.4, -0.2) is 65.7 Å². The van der Waals surface area contributed by atoms with Crippen molar-refractivity contribution < 1.29 is 14.7 Å². The summed E-state index contributed by atoms with van der Waals surface area (Å²) < 4.78 is 0. The van der Waals surface area contributed by atoms with Gasteiger partial charge < -0.3 is 20.2 Å². The van der Waals surface area contributed by atoms with Gasteiger partial charge in [0.1, 0.15) is 0 Å². The minimum atomic E-state index is -0.889. The number of carboxylic acid groups (broad SMARTS) is 1. The molecule has 0 rings (SSSR count). The van der Waals surface area contributed by atoms with Gasteiger partial charge in [0.2, 0.25) is 0 Å². The summed E-state index contributed by atoms with van der Waals surface area (Å²) >= 11 is 0. The van der Waals surface area contributed by atoms with Crippen LogP contribution in [0.2, 0.25) is 0 Å². The van der Waals surface area contributed by atoms with Gasteiger partial charge in [-0.15, -0.1) is 0 Å². The van der Waals surface area contributed by atoms with Crippen molar-refractivity contribution >= 4 is 12.0 Å². The molecule has 0 aliphatic carbocycles. The number of rotatable bonds is 9. The van der Waals surface area contributed by atoms with Crippen molar-refractivity contribution in [3.8, 4) is 0 Å². The van der Waals surface area contributed by atoms with E-state index in [4.69, 9.17) is 5.11 Å². The van der Waals surface area contributed by atoms with Crippen molar-refractivity contribution in [2.45, 2.75) is 52.6 Å². The standard InChI is InChI=1S/C14H29N3O3/c1-6-11(3)16(5)9-8-15-14(20)17(7-2)12(4)10-13(18)19/h11-12H,6-10H2,1-5H3,(H,15,20)(H,18,19). The molecule has 6 heteroatoms. The molecule has 0 saturated carbocycles. The average Bonchev–Trinajstić information content (AvgIpc) is 2.37. The summed E-state index contributed by atoms with van der Waals surface area (Å²) in [7, 11) is 2.03. The Morgan fingerprint density at radius 3 is 2.25 bits per heavy atom. The number of carbonyl (C=O) groups excluding carboxylic acids is 1. The van der Waals surface area contributed by atoms with Crippen LogP contribution in [0.3, 0.4) is 0 Å². The van der Waals surface area contributed by atoms with Crippen molar-refractivity contribution in [2.24, 2.45) is 0 Å². The quantitative estimate of drug-likeness (QED) is 0.676. The van der Waals surface area contributed by atoms with E-state index in [1.807, 2.05) is 14.0 Å². The lowest BCUT2D eigenvalue weighted by molar-refractivity contribution is -0.138. The summed E-state index contributed by atoms with van der Waals surface area (Å²) in [5.74, 6) is -0.889. The van der Waals surface area contributed by atoms with Crippen molar-refractivity contribution in [2.75, 3.05) is 26.7 Å². The van der Waals surface area contributed by atoms with Crippen LogP contribution in [0.1, 0.15) is 40.5 Å². The molecule has 2 N–H and O–H groups in total. The second-order valence-corrected chi connectivity index (χ2v) is 5.20. The van der Waals surface area contributed by atoms with Crippen molar-refractivity contribution in [3.63, 3.8) is 0 Å². The second kappa shape index (κ2) is 9.58. The molecular formula is C14H29N3O3. The van der Waals surface area contributed by atoms with E-state index in [-0.39, 0.29) is 18.5 Å². The maximum absolute atomic E-state index is 12.0. The molecule has 0 bridgehead atoms. The van der Waals surface area contributed by atoms with Gasteiger partial charge in [-0.2, -0.15) is 0 Å². The molecule has 0 aromatic carbocycles. The number of amides is 2. The SMILES string of the molecule is CCC(C)N(C)CCNC(=O)N(CC)C(C)CC(=O)O. The average molecular weight is 287 g/mol. The lowest BCUT2D eigenvalue weighted by Gasteiger charge is -2.28. The smallest absolute Gasteiger partial charge is 0.317 e. The summed E-state index contributed by atoms with van der Waals surface area (Å²) in [6.07, 6.45) is 1.04. The molecular weight excluding hydrogens is 258 g/mol. The first-order chi connectivity index (χ1) is 9.33. The van der Waals surface area contributed by atoms with Gasteiger partial charge in [0, 0.05) is 31.7 Å². The van der Waals surface area contributed by atoms with E-state index < -0.39 is 5.97 Å². The highest BCUT2D eigenvalue weighted by atomic mass is 16.4. The predicted molar refractivity (Wildman–Crippen MR) is 79.9 cm³/mol. The molecule has 0 aromatic rings. The van der Waals surface area contributed by atoms with Crippen LogP contribution in [0.15, 0.2) is 0 Å². The number of nitrogens with zero attached hydrogens (tertiary/aromatic N) is 2. The minimum Gasteiger partial charge on any atom is -0.481 e. The Hall–Kier alpha value is -1.30. The highest BCUT2D eigenvalue weighted by molar-refractivity contribution is 5.75. The third-order valence-electron chi connectivity index (χ3n) is 3.69. The molecule has 6 nitrogen and oxygen atoms in total. The second-order valence-electron chi connectivity index (χ2n) is 5.20. The molecule has 0 saturated heterocycles. The maximum Gasteiger partial charge on any atom is 0.317 e. The van der Waals surface area contributed by atoms with E-state index in [2.05, 4.69) is 24.1 Å². The molecule has 118 valence electrons. The highest BCUT2D eigenvalue weighted by Crippen LogP contribution is 2.04. The number of carboxylic acids is 1. The van der Waals surface area contributed by atoms with Gasteiger partial charge >= 0.3 is 12.0 Å². The van der Waals surface area contributed by atoms with Crippen LogP contribution in [0.5, 0.6) is 0 Å². The van der Waals surface area contributed by atoms with E-state index >= 15 is 0 Å². The number of hydrogen-bond donors (Lipinski definition) is 2. The van der Waals surface area contributed by atoms with E-state index in [1.165, 1.54) is 0 Å². The lowest BCUT2D eigenvalue weighted by atomic mass is 10.2. The highest BCUT2D eigenvalue weighted by Gasteiger charge is 2.20. The normalized spacial score (nSPS) is 13.9. The summed E-state index contributed by atoms with van der Waals surface area (Å²) in [6, 6.07) is -0.0105. The molecule has 20 heavy (non-hydrogen) atoms. The predicted octanol–water partition coefficient (Wildman–Crippen LogP) is 1.61. The van der Waals surface area contributed by atoms with Crippen molar-refractivity contribution in [1.29, 1.82) is 0 Å². The Morgan fingerprint density at radius 1 is 1.20 bits per heavy atom. The number of likely N-dealkylation sites (N-methyl/N-ethyl adjacent to an activating group) is 1. The molecule has 0 aromatic heterocycles. The van der Waals surface area contributed by atoms with Crippen LogP contribution in [0.25, 0.3) is 0 Å². The maximum atomic E-state index is 12.0. The van der Waals surface area contributed by atoms with Crippen molar-refractivity contribution in [3.05, 3.63) is 0 Å². The number of aliphatic carboxylic acids is 1. The largest absolute Gasteiger partial charge is 0.481 e. The molecule has 2 unspecified atom stereocenters. The zero-order valence-electron chi connectivity index (χ0n) is 13.3. The van der Waals surface area contributed by atoms with Crippen molar-refractivity contribution in [1.82, 2.24) is 15.1 Å². The van der Waals surface area contributed by atoms with Crippen LogP contribution in [0, 0.1) is 0 Å². The summed E-state index contributed by atoms with van der Waals surface area (Å²) in [5, 5.41) is 11.6. The molecule has 2 amide bonds. The molecule has 0 radical (unpaired) electrons. The van der Waals surface area contributed by atoms with E-state index in [1.54, 1.807) is 11.8 Å². The molecule has 0 fully saturated rings. The number of nitrogens with one attached hydrogen (secondary N) is 1. The third kappa shape index (κ3) is 6.75. The molecule has 0 aliphatic heterocycles. The van der Waals surface area contributed by atoms with Gasteiger partial charge in [-0.3, -0.25) is 4.79 Å². The van der Waals surface area contributed by atoms with E-state index in [0.29, 0.717) is 19.1 Å². The van der Waals surface area contributed by atoms with Gasteiger partial charge in [-0.05, 0) is 34.2 Å². The molecule has 0 heterocycles. The number of hydrogen-bond acceptors (Lipinski definition) is 3. The summed E-state index contributed by atoms with van der Waals surface area (Å²) in [6.45, 7) is 9.73. The topological polar surface area (TPSA) is 72.9 Å². The van der Waals surface area contributed by atoms with Gasteiger partial charge in [0.15, 0.2) is 0 Å². The van der Waals surface area contributed by atoms with E-state index in [9.17, 15) is 9.59 Å². The fraction of sp³-hybridized carbons (Fsp3) is 0.857. The fourth-order valence-electron chi connectivity index (χ4n) is 1.99. The van der Waals surface area contributed by atoms with Crippen LogP contribution < -0.4 is 5.32 Å². The van der Waals surface area contributed by atoms with Gasteiger partial charge in [0.25, 0.3) is 0 Å². The Kier molecular flexibility index (Phi) is 8.96. The van der Waals surface area contributed by atoms with Gasteiger partial charge in [0.05, 0.1) is 6.42 Å². The summed E-state index contributed by atoms with van der Waals surface area (Å²) in [4.78, 5) is 26.5. The first kappa shape index (κ1) is 18.7. The molecule has 0 aliphatic rings. The van der Waals surface area contributed by atoms with Gasteiger partial charge in [-0.25, -0.2) is 4.79 Å². The molecule has 2 atom stereocenters. The van der Waals surface area contributed by atoms with E-state index in [0.717, 1.165) is 13.0 Å². The van der Waals surface area contributed by atoms with Crippen LogP contribution in [-0.2, 0) is 4.79 Å². The fourth-order valence-corrected chi connectivity index (χ4v) is 1.99. The monoisotopic (exact) mass is 287 g/mol. The molecule has 0 spiro atoms. The Morgan fingerprint density at radius 2 is 1.80 bits per heavy atom. The first-order valence-electron chi connectivity index (χ1n) is 7.29. The zero-order chi connectivity index (χ0) is 15.7. The van der Waals surface area contributed by atoms with Gasteiger partial charge in [-0.1, -0.05) is 6.92 Å². The number of urea groups is 1. The Bertz CT molecular complexity index is 310. The Labute approximate surface area is 122 Å². The van der Waals surface area contributed by atoms with Crippen LogP contribution in [0.4, 0.5) is 4.79 Å². The lowest BCUT2D eigenvalue weighted by Crippen LogP contribution is -2.47. The zero-order valence-corrected chi connectivity index (χ0v) is 13.3. The van der Waals surface area contributed by atoms with Crippen LogP contribution >= 0.6 is 0 Å². The minimum absolute atomic E-state index is 0.0337. The number of carbonyl (C=O) groups is 2. The summed E-state index contributed by atoms with van der Waals surface area (Å²) in [5.41, 5.74) is 0.